The summed E-state index contributed by atoms with van der Waals surface area (Å²) in [7, 11) is 0. The molecule has 2 aromatic rings. The van der Waals surface area contributed by atoms with E-state index in [9.17, 15) is 4.79 Å². The lowest BCUT2D eigenvalue weighted by Gasteiger charge is -2.41. The van der Waals surface area contributed by atoms with Gasteiger partial charge in [-0.15, -0.1) is 0 Å². The molecule has 0 aliphatic heterocycles. The van der Waals surface area contributed by atoms with E-state index < -0.39 is 0 Å². The number of halogens is 1. The summed E-state index contributed by atoms with van der Waals surface area (Å²) >= 11 is 3.51. The average molecular weight is 319 g/mol. The number of pyridine rings is 1. The Hall–Kier alpha value is -1.42. The summed E-state index contributed by atoms with van der Waals surface area (Å²) < 4.78 is 0. The lowest BCUT2D eigenvalue weighted by atomic mass is 9.78. The van der Waals surface area contributed by atoms with Crippen LogP contribution in [0, 0.1) is 0 Å². The minimum absolute atomic E-state index is 0.00208. The first-order chi connectivity index (χ1) is 9.24. The molecule has 0 spiro atoms. The number of alkyl halides is 1. The van der Waals surface area contributed by atoms with Crippen LogP contribution in [0.4, 0.5) is 0 Å². The lowest BCUT2D eigenvalue weighted by Crippen LogP contribution is -2.54. The van der Waals surface area contributed by atoms with Crippen LogP contribution in [0.5, 0.6) is 0 Å². The number of carbonyl (C=O) groups is 1. The summed E-state index contributed by atoms with van der Waals surface area (Å²) in [4.78, 5) is 16.8. The predicted octanol–water partition coefficient (Wildman–Crippen LogP) is 3.28. The average Bonchev–Trinajstić information content (AvgIpc) is 2.42. The third-order valence-electron chi connectivity index (χ3n) is 3.84. The van der Waals surface area contributed by atoms with Gasteiger partial charge >= 0.3 is 0 Å². The predicted molar refractivity (Wildman–Crippen MR) is 79.6 cm³/mol. The summed E-state index contributed by atoms with van der Waals surface area (Å²) in [5, 5.41) is 4.90. The van der Waals surface area contributed by atoms with Gasteiger partial charge in [-0.1, -0.05) is 34.1 Å². The van der Waals surface area contributed by atoms with Gasteiger partial charge < -0.3 is 5.32 Å². The largest absolute Gasteiger partial charge is 0.346 e. The van der Waals surface area contributed by atoms with Crippen LogP contribution in [-0.2, 0) is 0 Å². The number of nitrogens with one attached hydrogen (secondary N) is 1. The van der Waals surface area contributed by atoms with Crippen molar-refractivity contribution >= 4 is 32.7 Å². The molecule has 0 bridgehead atoms. The summed E-state index contributed by atoms with van der Waals surface area (Å²) in [5.74, 6) is -0.00208. The number of amides is 1. The summed E-state index contributed by atoms with van der Waals surface area (Å²) in [5.41, 5.74) is 1.51. The number of hydrogen-bond donors (Lipinski definition) is 1. The van der Waals surface area contributed by atoms with E-state index in [1.54, 1.807) is 12.3 Å². The number of aromatic nitrogens is 1. The molecule has 1 heterocycles. The highest BCUT2D eigenvalue weighted by Crippen LogP contribution is 2.34. The molecule has 1 N–H and O–H groups in total. The van der Waals surface area contributed by atoms with Crippen molar-refractivity contribution in [3.63, 3.8) is 0 Å². The molecular formula is C15H15BrN2O. The van der Waals surface area contributed by atoms with E-state index >= 15 is 0 Å². The molecule has 1 aromatic carbocycles. The van der Waals surface area contributed by atoms with Crippen molar-refractivity contribution in [1.82, 2.24) is 10.3 Å². The fourth-order valence-corrected chi connectivity index (χ4v) is 3.20. The molecule has 1 fully saturated rings. The maximum atomic E-state index is 12.5. The van der Waals surface area contributed by atoms with Crippen LogP contribution in [0.2, 0.25) is 0 Å². The molecule has 3 nitrogen and oxygen atoms in total. The lowest BCUT2D eigenvalue weighted by molar-refractivity contribution is 0.0858. The molecule has 1 aromatic heterocycles. The number of rotatable bonds is 3. The second kappa shape index (κ2) is 4.93. The Labute approximate surface area is 120 Å². The highest BCUT2D eigenvalue weighted by molar-refractivity contribution is 9.09. The Kier molecular flexibility index (Phi) is 3.27. The van der Waals surface area contributed by atoms with Crippen LogP contribution < -0.4 is 5.32 Å². The maximum Gasteiger partial charge on any atom is 0.252 e. The molecule has 3 rings (SSSR count). The van der Waals surface area contributed by atoms with Crippen molar-refractivity contribution < 1.29 is 4.79 Å². The Morgan fingerprint density at radius 2 is 2.11 bits per heavy atom. The number of para-hydroxylation sites is 1. The quantitative estimate of drug-likeness (QED) is 0.882. The van der Waals surface area contributed by atoms with Gasteiger partial charge in [0.1, 0.15) is 0 Å². The highest BCUT2D eigenvalue weighted by Gasteiger charge is 2.37. The third-order valence-corrected chi connectivity index (χ3v) is 4.91. The van der Waals surface area contributed by atoms with Crippen LogP contribution in [0.25, 0.3) is 10.9 Å². The maximum absolute atomic E-state index is 12.5. The minimum atomic E-state index is -0.0541. The number of hydrogen-bond acceptors (Lipinski definition) is 2. The first kappa shape index (κ1) is 12.6. The van der Waals surface area contributed by atoms with E-state index in [2.05, 4.69) is 26.2 Å². The van der Waals surface area contributed by atoms with Crippen molar-refractivity contribution in [2.45, 2.75) is 24.8 Å². The van der Waals surface area contributed by atoms with Gasteiger partial charge in [-0.25, -0.2) is 0 Å². The van der Waals surface area contributed by atoms with Crippen LogP contribution >= 0.6 is 15.9 Å². The summed E-state index contributed by atoms with van der Waals surface area (Å²) in [6.07, 6.45) is 4.97. The van der Waals surface area contributed by atoms with Crippen molar-refractivity contribution in [1.29, 1.82) is 0 Å². The van der Waals surface area contributed by atoms with E-state index in [-0.39, 0.29) is 11.4 Å². The number of benzene rings is 1. The molecule has 0 unspecified atom stereocenters. The Balaban J connectivity index is 1.93. The molecule has 1 amide bonds. The number of carbonyl (C=O) groups excluding carboxylic acids is 1. The smallest absolute Gasteiger partial charge is 0.252 e. The third kappa shape index (κ3) is 2.25. The van der Waals surface area contributed by atoms with Gasteiger partial charge in [0, 0.05) is 16.9 Å². The molecule has 98 valence electrons. The van der Waals surface area contributed by atoms with Crippen molar-refractivity contribution in [3.8, 4) is 0 Å². The number of nitrogens with zero attached hydrogens (tertiary/aromatic N) is 1. The fourth-order valence-electron chi connectivity index (χ4n) is 2.50. The van der Waals surface area contributed by atoms with E-state index in [4.69, 9.17) is 0 Å². The standard InChI is InChI=1S/C15H15BrN2O/c16-10-15(7-3-8-15)18-14(19)12-6-9-17-13-5-2-1-4-11(12)13/h1-2,4-6,9H,3,7-8,10H2,(H,18,19). The first-order valence-corrected chi connectivity index (χ1v) is 7.58. The van der Waals surface area contributed by atoms with Crippen molar-refractivity contribution in [3.05, 3.63) is 42.1 Å². The van der Waals surface area contributed by atoms with Gasteiger partial charge in [-0.3, -0.25) is 9.78 Å². The SMILES string of the molecule is O=C(NC1(CBr)CCC1)c1ccnc2ccccc12. The van der Waals surface area contributed by atoms with Gasteiger partial charge in [-0.05, 0) is 31.4 Å². The zero-order chi connectivity index (χ0) is 13.3. The molecule has 0 atom stereocenters. The monoisotopic (exact) mass is 318 g/mol. The fraction of sp³-hybridized carbons (Fsp3) is 0.333. The Bertz CT molecular complexity index is 612. The minimum Gasteiger partial charge on any atom is -0.346 e. The highest BCUT2D eigenvalue weighted by atomic mass is 79.9. The molecule has 1 saturated carbocycles. The van der Waals surface area contributed by atoms with Crippen molar-refractivity contribution in [2.75, 3.05) is 5.33 Å². The molecule has 0 radical (unpaired) electrons. The van der Waals surface area contributed by atoms with E-state index in [1.165, 1.54) is 6.42 Å². The van der Waals surface area contributed by atoms with Crippen LogP contribution in [0.1, 0.15) is 29.6 Å². The van der Waals surface area contributed by atoms with Crippen LogP contribution in [-0.4, -0.2) is 21.8 Å². The second-order valence-electron chi connectivity index (χ2n) is 5.10. The summed E-state index contributed by atoms with van der Waals surface area (Å²) in [6.45, 7) is 0. The molecule has 4 heteroatoms. The van der Waals surface area contributed by atoms with Gasteiger partial charge in [0.2, 0.25) is 0 Å². The van der Waals surface area contributed by atoms with Gasteiger partial charge in [0.25, 0.3) is 5.91 Å². The summed E-state index contributed by atoms with van der Waals surface area (Å²) in [6, 6.07) is 9.53. The Morgan fingerprint density at radius 1 is 1.32 bits per heavy atom. The second-order valence-corrected chi connectivity index (χ2v) is 5.66. The zero-order valence-corrected chi connectivity index (χ0v) is 12.1. The topological polar surface area (TPSA) is 42.0 Å². The normalized spacial score (nSPS) is 16.9. The molecule has 0 saturated heterocycles. The van der Waals surface area contributed by atoms with Gasteiger partial charge in [-0.2, -0.15) is 0 Å². The van der Waals surface area contributed by atoms with Crippen LogP contribution in [0.15, 0.2) is 36.5 Å². The van der Waals surface area contributed by atoms with E-state index in [1.807, 2.05) is 24.3 Å². The first-order valence-electron chi connectivity index (χ1n) is 6.46. The number of fused-ring (bicyclic) bond motifs is 1. The van der Waals surface area contributed by atoms with Crippen LogP contribution in [0.3, 0.4) is 0 Å². The zero-order valence-electron chi connectivity index (χ0n) is 10.5. The van der Waals surface area contributed by atoms with E-state index in [0.717, 1.165) is 29.1 Å². The van der Waals surface area contributed by atoms with Gasteiger partial charge in [0.15, 0.2) is 0 Å². The molecular weight excluding hydrogens is 304 g/mol. The Morgan fingerprint density at radius 3 is 2.79 bits per heavy atom. The molecule has 1 aliphatic carbocycles. The van der Waals surface area contributed by atoms with E-state index in [0.29, 0.717) is 5.56 Å². The molecule has 19 heavy (non-hydrogen) atoms. The van der Waals surface area contributed by atoms with Crippen molar-refractivity contribution in [2.24, 2.45) is 0 Å². The van der Waals surface area contributed by atoms with Gasteiger partial charge in [0.05, 0.1) is 16.6 Å². The molecule has 1 aliphatic rings.